The van der Waals surface area contributed by atoms with Crippen molar-refractivity contribution in [3.63, 3.8) is 0 Å². The van der Waals surface area contributed by atoms with Crippen LogP contribution in [0.15, 0.2) is 17.0 Å². The molecule has 0 bridgehead atoms. The minimum atomic E-state index is -3.76. The summed E-state index contributed by atoms with van der Waals surface area (Å²) in [4.78, 5) is 10.4. The van der Waals surface area contributed by atoms with E-state index in [-0.39, 0.29) is 16.0 Å². The average Bonchev–Trinajstić information content (AvgIpc) is 2.85. The second-order valence-electron chi connectivity index (χ2n) is 6.25. The van der Waals surface area contributed by atoms with E-state index >= 15 is 0 Å². The number of nitrogens with zero attached hydrogens (tertiary/aromatic N) is 2. The topological polar surface area (TPSA) is 107 Å². The summed E-state index contributed by atoms with van der Waals surface area (Å²) in [5, 5.41) is 11.0. The lowest BCUT2D eigenvalue weighted by atomic mass is 9.90. The van der Waals surface area contributed by atoms with Gasteiger partial charge in [-0.2, -0.15) is 4.31 Å². The highest BCUT2D eigenvalue weighted by Crippen LogP contribution is 2.35. The van der Waals surface area contributed by atoms with E-state index in [2.05, 4.69) is 0 Å². The number of aryl methyl sites for hydroxylation is 1. The minimum Gasteiger partial charge on any atom is -0.330 e. The standard InChI is InChI=1S/C14H21N3O4S/c1-10-6-12(17(18)19)7-13(11(10)2)22(20,21)16-5-4-14(3,8-15)9-16/h6-7H,4-5,8-9,15H2,1-3H3. The molecule has 1 heterocycles. The van der Waals surface area contributed by atoms with Crippen molar-refractivity contribution < 1.29 is 13.3 Å². The normalized spacial score (nSPS) is 22.9. The number of non-ortho nitro benzene ring substituents is 1. The molecule has 22 heavy (non-hydrogen) atoms. The molecular formula is C14H21N3O4S. The number of benzene rings is 1. The fourth-order valence-electron chi connectivity index (χ4n) is 2.67. The zero-order valence-electron chi connectivity index (χ0n) is 13.0. The van der Waals surface area contributed by atoms with Gasteiger partial charge in [0, 0.05) is 25.2 Å². The molecule has 1 aromatic carbocycles. The van der Waals surface area contributed by atoms with Crippen LogP contribution in [-0.4, -0.2) is 37.3 Å². The predicted molar refractivity (Wildman–Crippen MR) is 83.1 cm³/mol. The Bertz CT molecular complexity index is 717. The van der Waals surface area contributed by atoms with Crippen LogP contribution in [0.5, 0.6) is 0 Å². The number of nitro benzene ring substituents is 1. The quantitative estimate of drug-likeness (QED) is 0.667. The minimum absolute atomic E-state index is 0.0143. The van der Waals surface area contributed by atoms with Gasteiger partial charge < -0.3 is 5.73 Å². The van der Waals surface area contributed by atoms with Crippen molar-refractivity contribution >= 4 is 15.7 Å². The van der Waals surface area contributed by atoms with E-state index in [9.17, 15) is 18.5 Å². The van der Waals surface area contributed by atoms with Crippen molar-refractivity contribution in [1.29, 1.82) is 0 Å². The van der Waals surface area contributed by atoms with Crippen molar-refractivity contribution in [2.75, 3.05) is 19.6 Å². The van der Waals surface area contributed by atoms with E-state index in [4.69, 9.17) is 5.73 Å². The van der Waals surface area contributed by atoms with Gasteiger partial charge in [0.15, 0.2) is 0 Å². The highest BCUT2D eigenvalue weighted by Gasteiger charge is 2.40. The highest BCUT2D eigenvalue weighted by molar-refractivity contribution is 7.89. The molecule has 0 amide bonds. The van der Waals surface area contributed by atoms with Crippen molar-refractivity contribution in [2.45, 2.75) is 32.1 Å². The molecule has 0 aliphatic carbocycles. The Kier molecular flexibility index (Phi) is 4.29. The van der Waals surface area contributed by atoms with E-state index in [1.807, 2.05) is 6.92 Å². The number of rotatable bonds is 4. The van der Waals surface area contributed by atoms with Crippen LogP contribution >= 0.6 is 0 Å². The van der Waals surface area contributed by atoms with Gasteiger partial charge in [-0.1, -0.05) is 6.92 Å². The maximum Gasteiger partial charge on any atom is 0.271 e. The molecule has 1 unspecified atom stereocenters. The number of nitrogens with two attached hydrogens (primary N) is 1. The van der Waals surface area contributed by atoms with Gasteiger partial charge in [-0.05, 0) is 43.4 Å². The van der Waals surface area contributed by atoms with Crippen LogP contribution in [0, 0.1) is 29.4 Å². The predicted octanol–water partition coefficient (Wildman–Crippen LogP) is 1.57. The molecule has 1 aromatic rings. The number of hydrogen-bond acceptors (Lipinski definition) is 5. The zero-order valence-corrected chi connectivity index (χ0v) is 13.8. The number of hydrogen-bond donors (Lipinski definition) is 1. The molecule has 2 rings (SSSR count). The molecule has 0 aromatic heterocycles. The van der Waals surface area contributed by atoms with Crippen LogP contribution in [-0.2, 0) is 10.0 Å². The number of sulfonamides is 1. The molecule has 1 fully saturated rings. The fraction of sp³-hybridized carbons (Fsp3) is 0.571. The van der Waals surface area contributed by atoms with Gasteiger partial charge >= 0.3 is 0 Å². The van der Waals surface area contributed by atoms with Gasteiger partial charge in [-0.25, -0.2) is 8.42 Å². The summed E-state index contributed by atoms with van der Waals surface area (Å²) in [6.45, 7) is 6.43. The summed E-state index contributed by atoms with van der Waals surface area (Å²) in [5.74, 6) is 0. The van der Waals surface area contributed by atoms with Gasteiger partial charge in [0.1, 0.15) is 0 Å². The lowest BCUT2D eigenvalue weighted by Crippen LogP contribution is -2.34. The third-order valence-corrected chi connectivity index (χ3v) is 6.42. The van der Waals surface area contributed by atoms with Gasteiger partial charge in [0.2, 0.25) is 10.0 Å². The molecule has 7 nitrogen and oxygen atoms in total. The SMILES string of the molecule is Cc1cc([N+](=O)[O-])cc(S(=O)(=O)N2CCC(C)(CN)C2)c1C. The van der Waals surface area contributed by atoms with Crippen LogP contribution in [0.2, 0.25) is 0 Å². The van der Waals surface area contributed by atoms with E-state index in [0.717, 1.165) is 6.07 Å². The molecular weight excluding hydrogens is 306 g/mol. The van der Waals surface area contributed by atoms with Crippen LogP contribution in [0.4, 0.5) is 5.69 Å². The molecule has 0 radical (unpaired) electrons. The Morgan fingerprint density at radius 1 is 1.41 bits per heavy atom. The summed E-state index contributed by atoms with van der Waals surface area (Å²) in [6.07, 6.45) is 0.690. The van der Waals surface area contributed by atoms with Crippen LogP contribution in [0.3, 0.4) is 0 Å². The highest BCUT2D eigenvalue weighted by atomic mass is 32.2. The van der Waals surface area contributed by atoms with E-state index < -0.39 is 14.9 Å². The first-order chi connectivity index (χ1) is 10.1. The zero-order chi connectivity index (χ0) is 16.7. The second-order valence-corrected chi connectivity index (χ2v) is 8.15. The molecule has 0 spiro atoms. The first kappa shape index (κ1) is 16.9. The third-order valence-electron chi connectivity index (χ3n) is 4.45. The Morgan fingerprint density at radius 2 is 2.05 bits per heavy atom. The van der Waals surface area contributed by atoms with Crippen molar-refractivity contribution in [3.8, 4) is 0 Å². The van der Waals surface area contributed by atoms with Crippen LogP contribution < -0.4 is 5.73 Å². The number of nitro groups is 1. The first-order valence-corrected chi connectivity index (χ1v) is 8.50. The summed E-state index contributed by atoms with van der Waals surface area (Å²) >= 11 is 0. The summed E-state index contributed by atoms with van der Waals surface area (Å²) in [7, 11) is -3.76. The Balaban J connectivity index is 2.49. The third kappa shape index (κ3) is 2.86. The van der Waals surface area contributed by atoms with Crippen molar-refractivity contribution in [2.24, 2.45) is 11.1 Å². The van der Waals surface area contributed by atoms with E-state index in [1.54, 1.807) is 13.8 Å². The van der Waals surface area contributed by atoms with Crippen molar-refractivity contribution in [1.82, 2.24) is 4.31 Å². The van der Waals surface area contributed by atoms with Gasteiger partial charge in [-0.15, -0.1) is 0 Å². The van der Waals surface area contributed by atoms with Gasteiger partial charge in [0.05, 0.1) is 9.82 Å². The first-order valence-electron chi connectivity index (χ1n) is 7.06. The molecule has 1 atom stereocenters. The summed E-state index contributed by atoms with van der Waals surface area (Å²) < 4.78 is 27.1. The molecule has 0 saturated carbocycles. The maximum absolute atomic E-state index is 12.8. The molecule has 1 aliphatic heterocycles. The van der Waals surface area contributed by atoms with Crippen molar-refractivity contribution in [3.05, 3.63) is 33.4 Å². The van der Waals surface area contributed by atoms with Gasteiger partial charge in [-0.3, -0.25) is 10.1 Å². The second kappa shape index (κ2) is 5.60. The smallest absolute Gasteiger partial charge is 0.271 e. The summed E-state index contributed by atoms with van der Waals surface area (Å²) in [6, 6.07) is 2.54. The lowest BCUT2D eigenvalue weighted by Gasteiger charge is -2.23. The summed E-state index contributed by atoms with van der Waals surface area (Å²) in [5.41, 5.74) is 6.41. The maximum atomic E-state index is 12.8. The molecule has 2 N–H and O–H groups in total. The lowest BCUT2D eigenvalue weighted by molar-refractivity contribution is -0.385. The van der Waals surface area contributed by atoms with Crippen LogP contribution in [0.25, 0.3) is 0 Å². The Labute approximate surface area is 130 Å². The van der Waals surface area contributed by atoms with Crippen LogP contribution in [0.1, 0.15) is 24.5 Å². The molecule has 8 heteroatoms. The fourth-order valence-corrected chi connectivity index (χ4v) is 4.58. The van der Waals surface area contributed by atoms with Gasteiger partial charge in [0.25, 0.3) is 5.69 Å². The average molecular weight is 327 g/mol. The Hall–Kier alpha value is -1.51. The molecule has 1 saturated heterocycles. The Morgan fingerprint density at radius 3 is 2.55 bits per heavy atom. The monoisotopic (exact) mass is 327 g/mol. The molecule has 1 aliphatic rings. The van der Waals surface area contributed by atoms with E-state index in [0.29, 0.717) is 37.2 Å². The molecule has 122 valence electrons. The largest absolute Gasteiger partial charge is 0.330 e. The van der Waals surface area contributed by atoms with E-state index in [1.165, 1.54) is 10.4 Å².